The molecule has 0 radical (unpaired) electrons. The highest BCUT2D eigenvalue weighted by atomic mass is 16.5. The first-order valence-electron chi connectivity index (χ1n) is 14.6. The van der Waals surface area contributed by atoms with E-state index >= 15 is 0 Å². The molecule has 0 bridgehead atoms. The van der Waals surface area contributed by atoms with Crippen LogP contribution in [0.15, 0.2) is 65.5 Å². The number of fused-ring (bicyclic) bond motifs is 1. The lowest BCUT2D eigenvalue weighted by molar-refractivity contribution is -0.139. The molecule has 1 unspecified atom stereocenters. The normalized spacial score (nSPS) is 18.4. The molecule has 1 atom stereocenters. The number of likely N-dealkylation sites (tertiary alicyclic amines) is 1. The van der Waals surface area contributed by atoms with E-state index in [1.54, 1.807) is 18.6 Å². The van der Waals surface area contributed by atoms with Crippen molar-refractivity contribution in [3.05, 3.63) is 72.2 Å². The van der Waals surface area contributed by atoms with Crippen LogP contribution < -0.4 is 10.1 Å². The van der Waals surface area contributed by atoms with E-state index in [0.29, 0.717) is 30.4 Å². The summed E-state index contributed by atoms with van der Waals surface area (Å²) in [5.74, 6) is 0.378. The first-order valence-corrected chi connectivity index (χ1v) is 14.6. The lowest BCUT2D eigenvalue weighted by Crippen LogP contribution is -2.47. The molecule has 1 amide bonds. The minimum absolute atomic E-state index is 0.0142. The molecule has 9 heteroatoms. The quantitative estimate of drug-likeness (QED) is 0.274. The van der Waals surface area contributed by atoms with Crippen LogP contribution in [0.4, 0.5) is 0 Å². The first kappa shape index (κ1) is 27.1. The van der Waals surface area contributed by atoms with Crippen molar-refractivity contribution in [2.24, 2.45) is 0 Å². The fourth-order valence-electron chi connectivity index (χ4n) is 6.29. The number of para-hydroxylation sites is 1. The predicted octanol–water partition coefficient (Wildman–Crippen LogP) is 5.66. The second-order valence-electron chi connectivity index (χ2n) is 11.2. The molecule has 2 fully saturated rings. The van der Waals surface area contributed by atoms with Crippen LogP contribution >= 0.6 is 0 Å². The molecule has 1 saturated carbocycles. The lowest BCUT2D eigenvalue weighted by Gasteiger charge is -2.33. The topological polar surface area (TPSA) is 110 Å². The summed E-state index contributed by atoms with van der Waals surface area (Å²) >= 11 is 0. The highest BCUT2D eigenvalue weighted by Crippen LogP contribution is 2.36. The number of carboxylic acids is 1. The van der Waals surface area contributed by atoms with Gasteiger partial charge < -0.3 is 24.1 Å². The zero-order chi connectivity index (χ0) is 28.2. The van der Waals surface area contributed by atoms with Crippen molar-refractivity contribution in [3.8, 4) is 17.1 Å². The Hall–Kier alpha value is -4.11. The molecule has 3 heterocycles. The molecule has 2 aliphatic rings. The van der Waals surface area contributed by atoms with Crippen LogP contribution in [0.3, 0.4) is 0 Å². The molecule has 1 aliphatic carbocycles. The van der Waals surface area contributed by atoms with Gasteiger partial charge in [0.15, 0.2) is 6.61 Å². The minimum Gasteiger partial charge on any atom is -0.482 e. The molecular weight excluding hydrogens is 520 g/mol. The summed E-state index contributed by atoms with van der Waals surface area (Å²) in [5, 5.41) is 12.2. The predicted molar refractivity (Wildman–Crippen MR) is 155 cm³/mol. The molecule has 2 aromatic heterocycles. The Bertz CT molecular complexity index is 1510. The SMILES string of the molecule is O=C(O)COc1ccccc1CN1CCCC(NC(=O)c2ccc3c(c2)nc(-c2ccoc2)n3C2CCCCC2)C1. The van der Waals surface area contributed by atoms with E-state index in [9.17, 15) is 9.59 Å². The van der Waals surface area contributed by atoms with Crippen molar-refractivity contribution < 1.29 is 23.8 Å². The van der Waals surface area contributed by atoms with Gasteiger partial charge in [0.2, 0.25) is 0 Å². The third kappa shape index (κ3) is 6.15. The van der Waals surface area contributed by atoms with Gasteiger partial charge in [-0.05, 0) is 62.6 Å². The van der Waals surface area contributed by atoms with E-state index in [-0.39, 0.29) is 18.6 Å². The average Bonchev–Trinajstić information content (AvgIpc) is 3.65. The van der Waals surface area contributed by atoms with Crippen molar-refractivity contribution in [1.82, 2.24) is 19.8 Å². The Kier molecular flexibility index (Phi) is 8.04. The van der Waals surface area contributed by atoms with Gasteiger partial charge in [0.25, 0.3) is 5.91 Å². The van der Waals surface area contributed by atoms with Gasteiger partial charge in [-0.1, -0.05) is 37.5 Å². The number of piperidine rings is 1. The number of ether oxygens (including phenoxy) is 1. The maximum absolute atomic E-state index is 13.4. The Balaban J connectivity index is 1.16. The number of carboxylic acid groups (broad SMARTS) is 1. The standard InChI is InChI=1S/C32H36N4O5/c37-30(38)21-41-29-11-5-4-7-23(29)18-35-15-6-8-25(19-35)33-32(39)22-12-13-28-27(17-22)34-31(24-14-16-40-20-24)36(28)26-9-2-1-3-10-26/h4-5,7,11-14,16-17,20,25-26H,1-3,6,8-10,15,18-19,21H2,(H,33,39)(H,37,38). The number of rotatable bonds is 9. The fourth-order valence-corrected chi connectivity index (χ4v) is 6.29. The fraction of sp³-hybridized carbons (Fsp3) is 0.406. The molecule has 214 valence electrons. The smallest absolute Gasteiger partial charge is 0.341 e. The van der Waals surface area contributed by atoms with E-state index < -0.39 is 5.97 Å². The van der Waals surface area contributed by atoms with Gasteiger partial charge >= 0.3 is 5.97 Å². The number of hydrogen-bond acceptors (Lipinski definition) is 6. The molecule has 1 saturated heterocycles. The number of amides is 1. The zero-order valence-corrected chi connectivity index (χ0v) is 23.1. The summed E-state index contributed by atoms with van der Waals surface area (Å²) in [6, 6.07) is 15.7. The number of carbonyl (C=O) groups is 2. The number of aliphatic carboxylic acids is 1. The van der Waals surface area contributed by atoms with E-state index in [2.05, 4.69) is 14.8 Å². The van der Waals surface area contributed by atoms with Crippen molar-refractivity contribution >= 4 is 22.9 Å². The molecule has 1 aliphatic heterocycles. The van der Waals surface area contributed by atoms with Crippen LogP contribution in [0.25, 0.3) is 22.4 Å². The van der Waals surface area contributed by atoms with Crippen LogP contribution in [0.1, 0.15) is 66.9 Å². The largest absolute Gasteiger partial charge is 0.482 e. The maximum atomic E-state index is 13.4. The maximum Gasteiger partial charge on any atom is 0.341 e. The molecule has 6 rings (SSSR count). The third-order valence-corrected chi connectivity index (χ3v) is 8.23. The molecule has 41 heavy (non-hydrogen) atoms. The van der Waals surface area contributed by atoms with Crippen LogP contribution in [0, 0.1) is 0 Å². The van der Waals surface area contributed by atoms with Crippen LogP contribution in [0.5, 0.6) is 5.75 Å². The Morgan fingerprint density at radius 2 is 1.90 bits per heavy atom. The van der Waals surface area contributed by atoms with Crippen molar-refractivity contribution in [2.75, 3.05) is 19.7 Å². The molecule has 2 N–H and O–H groups in total. The highest BCUT2D eigenvalue weighted by molar-refractivity contribution is 5.98. The lowest BCUT2D eigenvalue weighted by atomic mass is 9.95. The second kappa shape index (κ2) is 12.2. The third-order valence-electron chi connectivity index (χ3n) is 8.23. The Labute approximate surface area is 239 Å². The second-order valence-corrected chi connectivity index (χ2v) is 11.2. The van der Waals surface area contributed by atoms with E-state index in [1.807, 2.05) is 42.5 Å². The summed E-state index contributed by atoms with van der Waals surface area (Å²) in [6.07, 6.45) is 11.3. The molecule has 4 aromatic rings. The summed E-state index contributed by atoms with van der Waals surface area (Å²) in [6.45, 7) is 1.87. The minimum atomic E-state index is -1.00. The Morgan fingerprint density at radius 3 is 2.71 bits per heavy atom. The van der Waals surface area contributed by atoms with Crippen molar-refractivity contribution in [3.63, 3.8) is 0 Å². The number of imidazole rings is 1. The van der Waals surface area contributed by atoms with Gasteiger partial charge in [-0.2, -0.15) is 0 Å². The zero-order valence-electron chi connectivity index (χ0n) is 23.1. The van der Waals surface area contributed by atoms with Crippen LogP contribution in [-0.4, -0.2) is 57.2 Å². The molecule has 0 spiro atoms. The number of aromatic nitrogens is 2. The molecular formula is C32H36N4O5. The average molecular weight is 557 g/mol. The first-order chi connectivity index (χ1) is 20.0. The van der Waals surface area contributed by atoms with E-state index in [1.165, 1.54) is 19.3 Å². The van der Waals surface area contributed by atoms with Gasteiger partial charge in [0.05, 0.1) is 22.9 Å². The molecule has 9 nitrogen and oxygen atoms in total. The van der Waals surface area contributed by atoms with Gasteiger partial charge in [0, 0.05) is 36.3 Å². The Morgan fingerprint density at radius 1 is 1.05 bits per heavy atom. The van der Waals surface area contributed by atoms with Gasteiger partial charge in [0.1, 0.15) is 17.8 Å². The van der Waals surface area contributed by atoms with Crippen LogP contribution in [-0.2, 0) is 11.3 Å². The number of benzene rings is 2. The summed E-state index contributed by atoms with van der Waals surface area (Å²) < 4.78 is 13.2. The van der Waals surface area contributed by atoms with Gasteiger partial charge in [-0.3, -0.25) is 9.69 Å². The molecule has 2 aromatic carbocycles. The van der Waals surface area contributed by atoms with E-state index in [0.717, 1.165) is 60.2 Å². The number of furan rings is 1. The summed E-state index contributed by atoms with van der Waals surface area (Å²) in [7, 11) is 0. The van der Waals surface area contributed by atoms with Crippen LogP contribution in [0.2, 0.25) is 0 Å². The number of hydrogen-bond donors (Lipinski definition) is 2. The van der Waals surface area contributed by atoms with Crippen molar-refractivity contribution in [1.29, 1.82) is 0 Å². The highest BCUT2D eigenvalue weighted by Gasteiger charge is 2.25. The van der Waals surface area contributed by atoms with E-state index in [4.69, 9.17) is 19.2 Å². The van der Waals surface area contributed by atoms with Crippen molar-refractivity contribution in [2.45, 2.75) is 63.6 Å². The summed E-state index contributed by atoms with van der Waals surface area (Å²) in [5.41, 5.74) is 4.37. The summed E-state index contributed by atoms with van der Waals surface area (Å²) in [4.78, 5) is 31.6. The number of nitrogens with zero attached hydrogens (tertiary/aromatic N) is 3. The van der Waals surface area contributed by atoms with Gasteiger partial charge in [-0.15, -0.1) is 0 Å². The number of carbonyl (C=O) groups excluding carboxylic acids is 1. The van der Waals surface area contributed by atoms with Gasteiger partial charge in [-0.25, -0.2) is 9.78 Å². The monoisotopic (exact) mass is 556 g/mol. The number of nitrogens with one attached hydrogen (secondary N) is 1.